The number of carbonyl (C=O) groups excluding carboxylic acids is 1. The molecule has 3 rings (SSSR count). The molecule has 0 saturated heterocycles. The van der Waals surface area contributed by atoms with Crippen molar-refractivity contribution >= 4 is 28.3 Å². The van der Waals surface area contributed by atoms with Gasteiger partial charge in [-0.05, 0) is 43.2 Å². The Bertz CT molecular complexity index is 1010. The van der Waals surface area contributed by atoms with Crippen LogP contribution in [-0.4, -0.2) is 28.6 Å². The van der Waals surface area contributed by atoms with Gasteiger partial charge in [-0.2, -0.15) is 5.48 Å². The van der Waals surface area contributed by atoms with E-state index in [2.05, 4.69) is 34.8 Å². The molecule has 1 aromatic heterocycles. The zero-order valence-corrected chi connectivity index (χ0v) is 19.5. The molecular weight excluding hydrogens is 445 g/mol. The molecule has 0 aliphatic rings. The molecule has 1 amide bonds. The van der Waals surface area contributed by atoms with Crippen molar-refractivity contribution in [1.29, 1.82) is 0 Å². The smallest absolute Gasteiger partial charge is 0.347 e. The van der Waals surface area contributed by atoms with Crippen LogP contribution in [0.2, 0.25) is 0 Å². The molecule has 0 atom stereocenters. The third-order valence-electron chi connectivity index (χ3n) is 4.39. The lowest BCUT2D eigenvalue weighted by molar-refractivity contribution is 0.0342. The minimum absolute atomic E-state index is 0.0782. The second kappa shape index (κ2) is 14.1. The van der Waals surface area contributed by atoms with Gasteiger partial charge in [-0.25, -0.2) is 14.2 Å². The fraction of sp³-hybridized carbons (Fsp3) is 0.292. The van der Waals surface area contributed by atoms with Crippen molar-refractivity contribution in [1.82, 2.24) is 10.5 Å². The Labute approximate surface area is 196 Å². The molecule has 3 aromatic rings. The molecule has 0 aliphatic heterocycles. The molecule has 3 N–H and O–H groups in total. The lowest BCUT2D eigenvalue weighted by Gasteiger charge is -2.05. The van der Waals surface area contributed by atoms with Crippen molar-refractivity contribution in [3.8, 4) is 0 Å². The highest BCUT2D eigenvalue weighted by Crippen LogP contribution is 2.23. The third kappa shape index (κ3) is 9.48. The maximum Gasteiger partial charge on any atom is 0.347 e. The van der Waals surface area contributed by atoms with Crippen LogP contribution in [0.1, 0.15) is 57.5 Å². The molecule has 0 fully saturated rings. The first-order valence-corrected chi connectivity index (χ1v) is 11.4. The summed E-state index contributed by atoms with van der Waals surface area (Å²) in [4.78, 5) is 32.0. The van der Waals surface area contributed by atoms with E-state index in [0.29, 0.717) is 5.69 Å². The van der Waals surface area contributed by atoms with Gasteiger partial charge in [0.05, 0.1) is 12.3 Å². The Morgan fingerprint density at radius 1 is 1.09 bits per heavy atom. The number of benzene rings is 2. The van der Waals surface area contributed by atoms with Crippen molar-refractivity contribution in [2.75, 3.05) is 11.9 Å². The largest absolute Gasteiger partial charge is 0.477 e. The lowest BCUT2D eigenvalue weighted by atomic mass is 10.2. The van der Waals surface area contributed by atoms with Gasteiger partial charge < -0.3 is 9.94 Å². The number of nitrogens with one attached hydrogen (secondary N) is 2. The topological polar surface area (TPSA) is 101 Å². The fourth-order valence-corrected chi connectivity index (χ4v) is 3.45. The number of carboxylic acid groups (broad SMARTS) is 1. The highest BCUT2D eigenvalue weighted by atomic mass is 32.1. The highest BCUT2D eigenvalue weighted by Gasteiger charge is 2.16. The Morgan fingerprint density at radius 3 is 2.39 bits per heavy atom. The van der Waals surface area contributed by atoms with Crippen LogP contribution in [0.4, 0.5) is 9.52 Å². The molecule has 0 aliphatic carbocycles. The van der Waals surface area contributed by atoms with E-state index in [1.165, 1.54) is 42.7 Å². The number of carbonyl (C=O) groups is 2. The number of hydroxylamine groups is 1. The maximum absolute atomic E-state index is 12.7. The monoisotopic (exact) mass is 473 g/mol. The van der Waals surface area contributed by atoms with Crippen LogP contribution < -0.4 is 10.8 Å². The van der Waals surface area contributed by atoms with Crippen molar-refractivity contribution in [2.24, 2.45) is 0 Å². The summed E-state index contributed by atoms with van der Waals surface area (Å²) in [5.74, 6) is -1.99. The SMILES string of the molecule is CCCCCONCc1ccccc1.Cc1nc(NC(=O)c2ccc(F)cc2)sc1C(=O)O. The highest BCUT2D eigenvalue weighted by molar-refractivity contribution is 7.17. The van der Waals surface area contributed by atoms with E-state index in [0.717, 1.165) is 30.9 Å². The number of hydrogen-bond acceptors (Lipinski definition) is 6. The number of halogens is 1. The quantitative estimate of drug-likeness (QED) is 0.268. The number of amides is 1. The van der Waals surface area contributed by atoms with Crippen LogP contribution in [0, 0.1) is 12.7 Å². The van der Waals surface area contributed by atoms with Gasteiger partial charge in [-0.15, -0.1) is 0 Å². The van der Waals surface area contributed by atoms with E-state index in [-0.39, 0.29) is 15.6 Å². The average molecular weight is 474 g/mol. The first-order chi connectivity index (χ1) is 15.9. The molecule has 0 bridgehead atoms. The number of thiazole rings is 1. The summed E-state index contributed by atoms with van der Waals surface area (Å²) < 4.78 is 12.7. The number of carboxylic acids is 1. The summed E-state index contributed by atoms with van der Waals surface area (Å²) >= 11 is 0.877. The van der Waals surface area contributed by atoms with Gasteiger partial charge in [0.25, 0.3) is 5.91 Å². The molecule has 1 heterocycles. The molecule has 0 saturated carbocycles. The van der Waals surface area contributed by atoms with E-state index >= 15 is 0 Å². The number of anilines is 1. The Kier molecular flexibility index (Phi) is 11.2. The number of hydrogen-bond donors (Lipinski definition) is 3. The summed E-state index contributed by atoms with van der Waals surface area (Å²) in [6.45, 7) is 5.33. The molecule has 33 heavy (non-hydrogen) atoms. The van der Waals surface area contributed by atoms with Crippen molar-refractivity contribution in [3.05, 3.63) is 82.1 Å². The molecule has 9 heteroatoms. The summed E-state index contributed by atoms with van der Waals surface area (Å²) in [7, 11) is 0. The van der Waals surface area contributed by atoms with Crippen LogP contribution in [0.15, 0.2) is 54.6 Å². The molecule has 176 valence electrons. The van der Waals surface area contributed by atoms with E-state index in [1.807, 2.05) is 18.2 Å². The molecule has 7 nitrogen and oxygen atoms in total. The predicted octanol–water partition coefficient (Wildman–Crippen LogP) is 5.44. The zero-order chi connectivity index (χ0) is 24.1. The molecule has 0 unspecified atom stereocenters. The predicted molar refractivity (Wildman–Crippen MR) is 127 cm³/mol. The number of aromatic nitrogens is 1. The zero-order valence-electron chi connectivity index (χ0n) is 18.6. The van der Waals surface area contributed by atoms with Crippen molar-refractivity contribution in [2.45, 2.75) is 39.7 Å². The van der Waals surface area contributed by atoms with E-state index < -0.39 is 17.7 Å². The number of nitrogens with zero attached hydrogens (tertiary/aromatic N) is 1. The summed E-state index contributed by atoms with van der Waals surface area (Å²) in [6.07, 6.45) is 3.62. The van der Waals surface area contributed by atoms with Crippen LogP contribution in [0.5, 0.6) is 0 Å². The molecular formula is C24H28FN3O4S. The normalized spacial score (nSPS) is 10.3. The standard InChI is InChI=1S/C12H9FN2O3S.C12H19NO/c1-6-9(11(17)18)19-12(14-6)15-10(16)7-2-4-8(13)5-3-7;1-2-3-7-10-14-13-11-12-8-5-4-6-9-12/h2-5H,1H3,(H,17,18)(H,14,15,16);4-6,8-9,13H,2-3,7,10-11H2,1H3. The van der Waals surface area contributed by atoms with Crippen LogP contribution in [0.3, 0.4) is 0 Å². The number of aromatic carboxylic acids is 1. The number of unbranched alkanes of at least 4 members (excludes halogenated alkanes) is 2. The summed E-state index contributed by atoms with van der Waals surface area (Å²) in [5.41, 5.74) is 4.82. The molecule has 0 spiro atoms. The second-order valence-electron chi connectivity index (χ2n) is 7.06. The van der Waals surface area contributed by atoms with Crippen LogP contribution in [0.25, 0.3) is 0 Å². The summed E-state index contributed by atoms with van der Waals surface area (Å²) in [6, 6.07) is 15.3. The number of aryl methyl sites for hydroxylation is 1. The first-order valence-electron chi connectivity index (χ1n) is 10.6. The lowest BCUT2D eigenvalue weighted by Crippen LogP contribution is -2.14. The average Bonchev–Trinajstić information content (AvgIpc) is 3.18. The third-order valence-corrected chi connectivity index (χ3v) is 5.45. The first kappa shape index (κ1) is 26.1. The van der Waals surface area contributed by atoms with Crippen LogP contribution in [-0.2, 0) is 11.4 Å². The second-order valence-corrected chi connectivity index (χ2v) is 8.06. The van der Waals surface area contributed by atoms with Gasteiger partial charge in [0, 0.05) is 12.1 Å². The van der Waals surface area contributed by atoms with Gasteiger partial charge in [-0.1, -0.05) is 61.4 Å². The minimum Gasteiger partial charge on any atom is -0.477 e. The molecule has 2 aromatic carbocycles. The Hall–Kier alpha value is -3.14. The minimum atomic E-state index is -1.09. The maximum atomic E-state index is 12.7. The van der Waals surface area contributed by atoms with E-state index in [9.17, 15) is 14.0 Å². The van der Waals surface area contributed by atoms with Gasteiger partial charge in [-0.3, -0.25) is 10.1 Å². The van der Waals surface area contributed by atoms with Gasteiger partial charge >= 0.3 is 5.97 Å². The van der Waals surface area contributed by atoms with E-state index in [1.54, 1.807) is 6.92 Å². The Balaban J connectivity index is 0.000000245. The van der Waals surface area contributed by atoms with Crippen molar-refractivity contribution < 1.29 is 23.9 Å². The summed E-state index contributed by atoms with van der Waals surface area (Å²) in [5, 5.41) is 11.6. The van der Waals surface area contributed by atoms with Gasteiger partial charge in [0.1, 0.15) is 10.7 Å². The van der Waals surface area contributed by atoms with Gasteiger partial charge in [0.2, 0.25) is 0 Å². The Morgan fingerprint density at radius 2 is 1.79 bits per heavy atom. The number of rotatable bonds is 10. The van der Waals surface area contributed by atoms with Crippen LogP contribution >= 0.6 is 11.3 Å². The van der Waals surface area contributed by atoms with E-state index in [4.69, 9.17) is 9.94 Å². The fourth-order valence-electron chi connectivity index (χ4n) is 2.65. The molecule has 0 radical (unpaired) electrons. The van der Waals surface area contributed by atoms with Crippen molar-refractivity contribution in [3.63, 3.8) is 0 Å². The van der Waals surface area contributed by atoms with Gasteiger partial charge in [0.15, 0.2) is 5.13 Å².